The molecule has 9 nitrogen and oxygen atoms in total. The van der Waals surface area contributed by atoms with Gasteiger partial charge in [-0.1, -0.05) is 0 Å². The predicted molar refractivity (Wildman–Crippen MR) is 101 cm³/mol. The third kappa shape index (κ3) is 3.12. The van der Waals surface area contributed by atoms with Crippen LogP contribution in [0.25, 0.3) is 5.65 Å². The summed E-state index contributed by atoms with van der Waals surface area (Å²) in [6.07, 6.45) is 5.01. The summed E-state index contributed by atoms with van der Waals surface area (Å²) in [5.41, 5.74) is 1.81. The van der Waals surface area contributed by atoms with E-state index in [1.165, 1.54) is 15.3 Å². The second kappa shape index (κ2) is 6.75. The number of hydrogen-bond donors (Lipinski definition) is 2. The second-order valence-corrected chi connectivity index (χ2v) is 6.43. The van der Waals surface area contributed by atoms with Crippen LogP contribution in [0, 0.1) is 0 Å². The molecule has 0 unspecified atom stereocenters. The fourth-order valence-electron chi connectivity index (χ4n) is 3.10. The molecule has 0 fully saturated rings. The number of Topliss-reactive ketones (excluding diaryl/α,β-unsaturated/α-hetero) is 1. The number of rotatable bonds is 1. The van der Waals surface area contributed by atoms with E-state index in [1.807, 2.05) is 0 Å². The zero-order valence-corrected chi connectivity index (χ0v) is 15.2. The van der Waals surface area contributed by atoms with E-state index in [9.17, 15) is 9.59 Å². The first kappa shape index (κ1) is 17.1. The molecule has 27 heavy (non-hydrogen) atoms. The van der Waals surface area contributed by atoms with Gasteiger partial charge in [-0.15, -0.1) is 5.10 Å². The van der Waals surface area contributed by atoms with Crippen LogP contribution in [-0.4, -0.2) is 38.6 Å². The summed E-state index contributed by atoms with van der Waals surface area (Å²) in [4.78, 5) is 29.4. The Morgan fingerprint density at radius 2 is 2.11 bits per heavy atom. The van der Waals surface area contributed by atoms with Crippen LogP contribution in [0.15, 0.2) is 29.3 Å². The number of nitrogens with one attached hydrogen (secondary N) is 2. The largest absolute Gasteiger partial charge is 0.492 e. The van der Waals surface area contributed by atoms with E-state index >= 15 is 0 Å². The van der Waals surface area contributed by atoms with Gasteiger partial charge >= 0.3 is 0 Å². The van der Waals surface area contributed by atoms with Crippen molar-refractivity contribution in [3.63, 3.8) is 0 Å². The lowest BCUT2D eigenvalue weighted by molar-refractivity contribution is 0.0971. The summed E-state index contributed by atoms with van der Waals surface area (Å²) in [6, 6.07) is 3.41. The summed E-state index contributed by atoms with van der Waals surface area (Å²) >= 11 is 0. The Kier molecular flexibility index (Phi) is 4.27. The summed E-state index contributed by atoms with van der Waals surface area (Å²) in [6.45, 7) is 0.472. The Hall–Kier alpha value is -3.36. The summed E-state index contributed by atoms with van der Waals surface area (Å²) in [5, 5.41) is 10.6. The zero-order chi connectivity index (χ0) is 19.0. The number of nitrogens with zero attached hydrogens (tertiary/aromatic N) is 4. The molecular formula is C18H20N6O3. The highest BCUT2D eigenvalue weighted by molar-refractivity contribution is 5.95. The highest BCUT2D eigenvalue weighted by atomic mass is 16.5. The number of fused-ring (bicyclic) bond motifs is 3. The Balaban J connectivity index is 1.90. The number of pyridine rings is 1. The van der Waals surface area contributed by atoms with Gasteiger partial charge in [0.25, 0.3) is 5.56 Å². The molecule has 3 aromatic heterocycles. The topological polar surface area (TPSA) is 103 Å². The average molecular weight is 368 g/mol. The standard InChI is InChI=1S/C18H20N6O3/c1-19-12-8-16-21-13-7-11(10-23(2)18(13)26)27-6-4-3-5-15(25)14-9-20-17(12)24(14)22-16/h7-10,19H,3-6H2,1-2H3,(H,21,22). The first-order valence-corrected chi connectivity index (χ1v) is 8.77. The van der Waals surface area contributed by atoms with Crippen LogP contribution in [0.4, 0.5) is 17.2 Å². The minimum absolute atomic E-state index is 0.0271. The van der Waals surface area contributed by atoms with Gasteiger partial charge in [0.1, 0.15) is 17.1 Å². The number of hydrogen-bond acceptors (Lipinski definition) is 7. The third-order valence-corrected chi connectivity index (χ3v) is 4.51. The van der Waals surface area contributed by atoms with Crippen LogP contribution in [0.3, 0.4) is 0 Å². The van der Waals surface area contributed by atoms with Crippen LogP contribution in [0.1, 0.15) is 29.8 Å². The molecule has 0 atom stereocenters. The highest BCUT2D eigenvalue weighted by Crippen LogP contribution is 2.24. The predicted octanol–water partition coefficient (Wildman–Crippen LogP) is 1.96. The molecular weight excluding hydrogens is 348 g/mol. The number of carbonyl (C=O) groups is 1. The van der Waals surface area contributed by atoms with Gasteiger partial charge in [0.15, 0.2) is 17.2 Å². The average Bonchev–Trinajstić information content (AvgIpc) is 3.08. The summed E-state index contributed by atoms with van der Waals surface area (Å²) in [7, 11) is 3.44. The number of ether oxygens (including phenoxy) is 1. The van der Waals surface area contributed by atoms with Crippen LogP contribution in [0.2, 0.25) is 0 Å². The van der Waals surface area contributed by atoms with Crippen LogP contribution in [-0.2, 0) is 7.05 Å². The van der Waals surface area contributed by atoms with E-state index in [4.69, 9.17) is 4.74 Å². The molecule has 0 aromatic carbocycles. The molecule has 0 saturated carbocycles. The lowest BCUT2D eigenvalue weighted by Crippen LogP contribution is -2.20. The second-order valence-electron chi connectivity index (χ2n) is 6.43. The quantitative estimate of drug-likeness (QED) is 0.677. The number of aryl methyl sites for hydroxylation is 1. The van der Waals surface area contributed by atoms with Crippen molar-refractivity contribution >= 4 is 28.6 Å². The number of imidazole rings is 1. The Morgan fingerprint density at radius 3 is 2.93 bits per heavy atom. The Bertz CT molecular complexity index is 1080. The lowest BCUT2D eigenvalue weighted by atomic mass is 10.1. The number of ketones is 1. The lowest BCUT2D eigenvalue weighted by Gasteiger charge is -2.13. The summed E-state index contributed by atoms with van der Waals surface area (Å²) in [5.74, 6) is 0.979. The van der Waals surface area contributed by atoms with Crippen molar-refractivity contribution in [2.45, 2.75) is 19.3 Å². The zero-order valence-electron chi connectivity index (χ0n) is 15.2. The van der Waals surface area contributed by atoms with Gasteiger partial charge in [0.2, 0.25) is 0 Å². The fourth-order valence-corrected chi connectivity index (χ4v) is 3.10. The van der Waals surface area contributed by atoms with E-state index in [0.29, 0.717) is 53.7 Å². The number of anilines is 3. The monoisotopic (exact) mass is 368 g/mol. The molecule has 140 valence electrons. The number of carbonyl (C=O) groups excluding carboxylic acids is 1. The first-order valence-electron chi connectivity index (χ1n) is 8.77. The molecule has 4 rings (SSSR count). The SMILES string of the molecule is CNc1cc2nn3c(cnc13)C(=O)CCCCOc1cc(c(=O)n(C)c1)N2. The molecule has 2 N–H and O–H groups in total. The van der Waals surface area contributed by atoms with E-state index in [0.717, 1.165) is 6.42 Å². The molecule has 4 heterocycles. The van der Waals surface area contributed by atoms with E-state index in [-0.39, 0.29) is 11.3 Å². The van der Waals surface area contributed by atoms with Crippen molar-refractivity contribution in [1.29, 1.82) is 0 Å². The normalized spacial score (nSPS) is 14.5. The molecule has 0 radical (unpaired) electrons. The van der Waals surface area contributed by atoms with E-state index in [2.05, 4.69) is 20.7 Å². The van der Waals surface area contributed by atoms with Crippen molar-refractivity contribution < 1.29 is 9.53 Å². The molecule has 0 spiro atoms. The van der Waals surface area contributed by atoms with Crippen LogP contribution in [0.5, 0.6) is 5.75 Å². The molecule has 0 saturated heterocycles. The van der Waals surface area contributed by atoms with Crippen molar-refractivity contribution in [1.82, 2.24) is 19.2 Å². The molecule has 4 bridgehead atoms. The van der Waals surface area contributed by atoms with E-state index < -0.39 is 0 Å². The minimum atomic E-state index is -0.204. The van der Waals surface area contributed by atoms with Crippen LogP contribution >= 0.6 is 0 Å². The Labute approximate surface area is 155 Å². The van der Waals surface area contributed by atoms with Gasteiger partial charge in [-0.3, -0.25) is 9.59 Å². The smallest absolute Gasteiger partial charge is 0.274 e. The maximum atomic E-state index is 12.6. The van der Waals surface area contributed by atoms with Gasteiger partial charge in [0.05, 0.1) is 18.5 Å². The van der Waals surface area contributed by atoms with E-state index in [1.54, 1.807) is 32.4 Å². The maximum absolute atomic E-state index is 12.6. The number of aromatic nitrogens is 4. The minimum Gasteiger partial charge on any atom is -0.492 e. The van der Waals surface area contributed by atoms with Gasteiger partial charge < -0.3 is 19.9 Å². The fraction of sp³-hybridized carbons (Fsp3) is 0.333. The highest BCUT2D eigenvalue weighted by Gasteiger charge is 2.17. The maximum Gasteiger partial charge on any atom is 0.274 e. The van der Waals surface area contributed by atoms with Gasteiger partial charge in [-0.25, -0.2) is 9.50 Å². The third-order valence-electron chi connectivity index (χ3n) is 4.51. The van der Waals surface area contributed by atoms with Crippen LogP contribution < -0.4 is 20.9 Å². The van der Waals surface area contributed by atoms with Crippen molar-refractivity contribution in [2.24, 2.45) is 7.05 Å². The van der Waals surface area contributed by atoms with Gasteiger partial charge in [-0.05, 0) is 12.8 Å². The molecule has 3 aromatic rings. The molecule has 0 amide bonds. The molecule has 0 aliphatic carbocycles. The summed E-state index contributed by atoms with van der Waals surface area (Å²) < 4.78 is 8.73. The Morgan fingerprint density at radius 1 is 1.26 bits per heavy atom. The first-order chi connectivity index (χ1) is 13.1. The molecule has 1 aliphatic heterocycles. The van der Waals surface area contributed by atoms with Crippen molar-refractivity contribution in [2.75, 3.05) is 24.3 Å². The van der Waals surface area contributed by atoms with Crippen molar-refractivity contribution in [3.05, 3.63) is 40.6 Å². The molecule has 9 heteroatoms. The molecule has 1 aliphatic rings. The van der Waals surface area contributed by atoms with Gasteiger partial charge in [-0.2, -0.15) is 0 Å². The van der Waals surface area contributed by atoms with Crippen molar-refractivity contribution in [3.8, 4) is 5.75 Å². The van der Waals surface area contributed by atoms with Gasteiger partial charge in [0, 0.05) is 38.8 Å².